The minimum absolute atomic E-state index is 0.172. The lowest BCUT2D eigenvalue weighted by Gasteiger charge is -2.03. The molecule has 2 heterocycles. The van der Waals surface area contributed by atoms with Gasteiger partial charge in [-0.25, -0.2) is 9.78 Å². The number of nitrogens with zero attached hydrogens (tertiary/aromatic N) is 2. The van der Waals surface area contributed by atoms with Crippen LogP contribution in [-0.4, -0.2) is 34.7 Å². The van der Waals surface area contributed by atoms with Gasteiger partial charge in [0.05, 0.1) is 11.9 Å². The largest absolute Gasteiger partial charge is 0.478 e. The molecule has 0 aliphatic carbocycles. The predicted octanol–water partition coefficient (Wildman–Crippen LogP) is 1.49. The zero-order valence-corrected chi connectivity index (χ0v) is 12.2. The van der Waals surface area contributed by atoms with Crippen molar-refractivity contribution in [2.75, 3.05) is 4.72 Å². The van der Waals surface area contributed by atoms with E-state index in [1.54, 1.807) is 5.38 Å². The van der Waals surface area contributed by atoms with E-state index in [4.69, 9.17) is 5.11 Å². The highest BCUT2D eigenvalue weighted by molar-refractivity contribution is 7.92. The summed E-state index contributed by atoms with van der Waals surface area (Å²) >= 11 is 1.13. The Labute approximate surface area is 118 Å². The molecule has 0 bridgehead atoms. The zero-order valence-electron chi connectivity index (χ0n) is 10.6. The maximum Gasteiger partial charge on any atom is 0.340 e. The zero-order chi connectivity index (χ0) is 14.9. The number of carboxylic acid groups (broad SMARTS) is 1. The Balaban J connectivity index is 2.31. The molecular formula is C10H12N4O4S2. The first kappa shape index (κ1) is 14.5. The number of anilines is 1. The van der Waals surface area contributed by atoms with Crippen LogP contribution in [0, 0.1) is 0 Å². The van der Waals surface area contributed by atoms with Crippen LogP contribution in [0.15, 0.2) is 16.6 Å². The van der Waals surface area contributed by atoms with Crippen molar-refractivity contribution >= 4 is 32.5 Å². The highest BCUT2D eigenvalue weighted by atomic mass is 32.2. The molecule has 0 aromatic carbocycles. The number of aromatic amines is 1. The van der Waals surface area contributed by atoms with E-state index in [-0.39, 0.29) is 11.0 Å². The molecule has 0 saturated heterocycles. The summed E-state index contributed by atoms with van der Waals surface area (Å²) in [6.45, 7) is 3.87. The predicted molar refractivity (Wildman–Crippen MR) is 72.6 cm³/mol. The average Bonchev–Trinajstić information content (AvgIpc) is 2.95. The summed E-state index contributed by atoms with van der Waals surface area (Å²) in [7, 11) is -4.06. The minimum Gasteiger partial charge on any atom is -0.478 e. The second kappa shape index (κ2) is 5.21. The topological polar surface area (TPSA) is 125 Å². The number of carboxylic acids is 1. The van der Waals surface area contributed by atoms with Gasteiger partial charge in [-0.2, -0.15) is 13.5 Å². The molecule has 0 fully saturated rings. The fraction of sp³-hybridized carbons (Fsp3) is 0.300. The van der Waals surface area contributed by atoms with Crippen LogP contribution in [0.5, 0.6) is 0 Å². The van der Waals surface area contributed by atoms with Crippen molar-refractivity contribution in [2.45, 2.75) is 24.8 Å². The van der Waals surface area contributed by atoms with Crippen LogP contribution in [0.1, 0.15) is 35.8 Å². The van der Waals surface area contributed by atoms with Crippen molar-refractivity contribution in [3.63, 3.8) is 0 Å². The third-order valence-electron chi connectivity index (χ3n) is 2.44. The van der Waals surface area contributed by atoms with Crippen LogP contribution in [-0.2, 0) is 10.0 Å². The normalized spacial score (nSPS) is 11.8. The van der Waals surface area contributed by atoms with E-state index in [0.29, 0.717) is 0 Å². The second-order valence-electron chi connectivity index (χ2n) is 4.26. The van der Waals surface area contributed by atoms with E-state index >= 15 is 0 Å². The van der Waals surface area contributed by atoms with Gasteiger partial charge in [0.1, 0.15) is 5.56 Å². The average molecular weight is 316 g/mol. The molecule has 0 aliphatic rings. The van der Waals surface area contributed by atoms with Gasteiger partial charge in [-0.3, -0.25) is 9.82 Å². The summed E-state index contributed by atoms with van der Waals surface area (Å²) in [6, 6.07) is 0. The second-order valence-corrected chi connectivity index (χ2v) is 6.73. The molecule has 0 saturated carbocycles. The molecule has 20 heavy (non-hydrogen) atoms. The maximum absolute atomic E-state index is 12.1. The summed E-state index contributed by atoms with van der Waals surface area (Å²) in [4.78, 5) is 15.0. The first-order valence-corrected chi connectivity index (χ1v) is 7.92. The molecule has 2 rings (SSSR count). The van der Waals surface area contributed by atoms with Gasteiger partial charge < -0.3 is 5.11 Å². The highest BCUT2D eigenvalue weighted by Crippen LogP contribution is 2.24. The fourth-order valence-electron chi connectivity index (χ4n) is 1.40. The Morgan fingerprint density at radius 3 is 2.75 bits per heavy atom. The number of hydrogen-bond acceptors (Lipinski definition) is 6. The van der Waals surface area contributed by atoms with Crippen molar-refractivity contribution < 1.29 is 18.3 Å². The molecule has 0 amide bonds. The number of H-pyrrole nitrogens is 1. The highest BCUT2D eigenvalue weighted by Gasteiger charge is 2.25. The van der Waals surface area contributed by atoms with Crippen molar-refractivity contribution in [1.82, 2.24) is 15.2 Å². The fourth-order valence-corrected chi connectivity index (χ4v) is 3.61. The molecule has 2 aromatic rings. The molecule has 108 valence electrons. The molecule has 0 radical (unpaired) electrons. The molecule has 2 aromatic heterocycles. The maximum atomic E-state index is 12.1. The SMILES string of the molecule is CC(C)c1csc(NS(=O)(=O)c2[nH]ncc2C(=O)O)n1. The van der Waals surface area contributed by atoms with Gasteiger partial charge in [-0.1, -0.05) is 13.8 Å². The molecule has 0 spiro atoms. The number of aromatic nitrogens is 3. The van der Waals surface area contributed by atoms with Gasteiger partial charge >= 0.3 is 5.97 Å². The number of hydrogen-bond donors (Lipinski definition) is 3. The van der Waals surface area contributed by atoms with Crippen LogP contribution in [0.25, 0.3) is 0 Å². The van der Waals surface area contributed by atoms with Gasteiger partial charge in [0, 0.05) is 5.38 Å². The van der Waals surface area contributed by atoms with E-state index in [9.17, 15) is 13.2 Å². The first-order valence-electron chi connectivity index (χ1n) is 5.56. The van der Waals surface area contributed by atoms with Crippen LogP contribution >= 0.6 is 11.3 Å². The monoisotopic (exact) mass is 316 g/mol. The van der Waals surface area contributed by atoms with Gasteiger partial charge in [0.2, 0.25) is 0 Å². The number of sulfonamides is 1. The third kappa shape index (κ3) is 2.80. The molecule has 10 heteroatoms. The lowest BCUT2D eigenvalue weighted by Crippen LogP contribution is -2.16. The van der Waals surface area contributed by atoms with Crippen molar-refractivity contribution in [3.8, 4) is 0 Å². The van der Waals surface area contributed by atoms with Crippen molar-refractivity contribution in [3.05, 3.63) is 22.8 Å². The van der Waals surface area contributed by atoms with Gasteiger partial charge in [0.25, 0.3) is 10.0 Å². The lowest BCUT2D eigenvalue weighted by atomic mass is 10.2. The number of carbonyl (C=O) groups is 1. The summed E-state index contributed by atoms with van der Waals surface area (Å²) in [5.74, 6) is -1.20. The van der Waals surface area contributed by atoms with Crippen LogP contribution in [0.2, 0.25) is 0 Å². The summed E-state index contributed by atoms with van der Waals surface area (Å²) < 4.78 is 26.4. The van der Waals surface area contributed by atoms with E-state index in [0.717, 1.165) is 23.2 Å². The van der Waals surface area contributed by atoms with Crippen LogP contribution in [0.4, 0.5) is 5.13 Å². The quantitative estimate of drug-likeness (QED) is 0.767. The molecule has 8 nitrogen and oxygen atoms in total. The summed E-state index contributed by atoms with van der Waals surface area (Å²) in [6.07, 6.45) is 0.943. The van der Waals surface area contributed by atoms with E-state index in [1.165, 1.54) is 0 Å². The molecule has 0 unspecified atom stereocenters. The Kier molecular flexibility index (Phi) is 3.77. The Morgan fingerprint density at radius 1 is 1.50 bits per heavy atom. The number of nitrogens with one attached hydrogen (secondary N) is 2. The van der Waals surface area contributed by atoms with Crippen LogP contribution in [0.3, 0.4) is 0 Å². The smallest absolute Gasteiger partial charge is 0.340 e. The molecule has 0 aliphatic heterocycles. The van der Waals surface area contributed by atoms with E-state index in [1.807, 2.05) is 13.8 Å². The number of aromatic carboxylic acids is 1. The Hall–Kier alpha value is -1.94. The first-order chi connectivity index (χ1) is 9.31. The van der Waals surface area contributed by atoms with Crippen LogP contribution < -0.4 is 4.72 Å². The Bertz CT molecular complexity index is 732. The van der Waals surface area contributed by atoms with Crippen molar-refractivity contribution in [1.29, 1.82) is 0 Å². The third-order valence-corrected chi connectivity index (χ3v) is 4.65. The molecular weight excluding hydrogens is 304 g/mol. The number of thiazole rings is 1. The molecule has 3 N–H and O–H groups in total. The van der Waals surface area contributed by atoms with Gasteiger partial charge in [-0.05, 0) is 5.92 Å². The summed E-state index contributed by atoms with van der Waals surface area (Å²) in [5, 5.41) is 15.9. The van der Waals surface area contributed by atoms with E-state index < -0.39 is 26.6 Å². The Morgan fingerprint density at radius 2 is 2.20 bits per heavy atom. The molecule has 0 atom stereocenters. The lowest BCUT2D eigenvalue weighted by molar-refractivity contribution is 0.0692. The van der Waals surface area contributed by atoms with Gasteiger partial charge in [0.15, 0.2) is 10.2 Å². The summed E-state index contributed by atoms with van der Waals surface area (Å²) in [5.41, 5.74) is 0.342. The van der Waals surface area contributed by atoms with Crippen molar-refractivity contribution in [2.24, 2.45) is 0 Å². The standard InChI is InChI=1S/C10H12N4O4S2/c1-5(2)7-4-19-10(12-7)14-20(17,18)8-6(9(15)16)3-11-13-8/h3-5H,1-2H3,(H,11,13)(H,12,14)(H,15,16). The number of rotatable bonds is 5. The minimum atomic E-state index is -4.06. The van der Waals surface area contributed by atoms with Gasteiger partial charge in [-0.15, -0.1) is 11.3 Å². The van der Waals surface area contributed by atoms with E-state index in [2.05, 4.69) is 19.9 Å².